The molecule has 1 aromatic heterocycles. The highest BCUT2D eigenvalue weighted by molar-refractivity contribution is 6.21. The number of hydrogen-bond donors (Lipinski definition) is 0. The normalized spacial score (nSPS) is 15.4. The van der Waals surface area contributed by atoms with E-state index in [-0.39, 0.29) is 5.41 Å². The van der Waals surface area contributed by atoms with Crippen molar-refractivity contribution in [3.8, 4) is 16.8 Å². The Morgan fingerprint density at radius 3 is 1.93 bits per heavy atom. The molecule has 42 heavy (non-hydrogen) atoms. The van der Waals surface area contributed by atoms with E-state index in [2.05, 4.69) is 146 Å². The molecule has 0 saturated carbocycles. The zero-order valence-corrected chi connectivity index (χ0v) is 24.0. The molecule has 7 aromatic rings. The van der Waals surface area contributed by atoms with Crippen LogP contribution in [0.4, 0.5) is 0 Å². The van der Waals surface area contributed by atoms with Crippen molar-refractivity contribution >= 4 is 48.9 Å². The van der Waals surface area contributed by atoms with Gasteiger partial charge in [-0.3, -0.25) is 0 Å². The Bertz CT molecular complexity index is 2260. The topological polar surface area (TPSA) is 4.93 Å². The summed E-state index contributed by atoms with van der Waals surface area (Å²) in [5, 5.41) is 7.91. The SMILES string of the molecule is CC1(C)c2ccccc2-n2c3ccc(-c4c5ccccc5c(C5=CCCC=C5)c5ccccc45)cc3c3cccc1c32. The predicted octanol–water partition coefficient (Wildman–Crippen LogP) is 11.1. The average molecular weight is 538 g/mol. The molecule has 1 aliphatic carbocycles. The van der Waals surface area contributed by atoms with Crippen LogP contribution in [0.2, 0.25) is 0 Å². The zero-order chi connectivity index (χ0) is 28.0. The van der Waals surface area contributed by atoms with E-state index in [0.717, 1.165) is 12.8 Å². The fraction of sp³-hybridized carbons (Fsp3) is 0.122. The van der Waals surface area contributed by atoms with Crippen molar-refractivity contribution in [1.82, 2.24) is 4.57 Å². The van der Waals surface area contributed by atoms with Gasteiger partial charge in [-0.05, 0) is 86.0 Å². The van der Waals surface area contributed by atoms with Crippen LogP contribution in [0.3, 0.4) is 0 Å². The van der Waals surface area contributed by atoms with Crippen LogP contribution in [0.15, 0.2) is 127 Å². The van der Waals surface area contributed by atoms with Crippen LogP contribution in [-0.4, -0.2) is 4.57 Å². The van der Waals surface area contributed by atoms with Gasteiger partial charge in [0.1, 0.15) is 0 Å². The molecular weight excluding hydrogens is 506 g/mol. The number of nitrogens with zero attached hydrogens (tertiary/aromatic N) is 1. The van der Waals surface area contributed by atoms with Gasteiger partial charge in [0.05, 0.1) is 16.7 Å². The van der Waals surface area contributed by atoms with Gasteiger partial charge in [0.2, 0.25) is 0 Å². The summed E-state index contributed by atoms with van der Waals surface area (Å²) in [7, 11) is 0. The van der Waals surface area contributed by atoms with E-state index in [1.54, 1.807) is 0 Å². The molecule has 0 unspecified atom stereocenters. The summed E-state index contributed by atoms with van der Waals surface area (Å²) in [6.45, 7) is 4.73. The Hall–Kier alpha value is -4.88. The first-order chi connectivity index (χ1) is 20.6. The van der Waals surface area contributed by atoms with Crippen molar-refractivity contribution in [3.05, 3.63) is 144 Å². The summed E-state index contributed by atoms with van der Waals surface area (Å²) >= 11 is 0. The molecule has 0 atom stereocenters. The minimum atomic E-state index is -0.0617. The first-order valence-corrected chi connectivity index (χ1v) is 15.1. The van der Waals surface area contributed by atoms with Crippen LogP contribution in [0.1, 0.15) is 43.4 Å². The number of aromatic nitrogens is 1. The number of rotatable bonds is 2. The van der Waals surface area contributed by atoms with E-state index < -0.39 is 0 Å². The largest absolute Gasteiger partial charge is 0.309 e. The van der Waals surface area contributed by atoms with E-state index in [4.69, 9.17) is 0 Å². The molecule has 0 bridgehead atoms. The summed E-state index contributed by atoms with van der Waals surface area (Å²) in [5.74, 6) is 0. The molecular formula is C41H31N. The third kappa shape index (κ3) is 3.09. The minimum absolute atomic E-state index is 0.0617. The summed E-state index contributed by atoms with van der Waals surface area (Å²) in [4.78, 5) is 0. The van der Waals surface area contributed by atoms with Crippen molar-refractivity contribution in [1.29, 1.82) is 0 Å². The molecule has 2 aliphatic rings. The number of allylic oxidation sites excluding steroid dienone is 4. The maximum atomic E-state index is 2.51. The fourth-order valence-electron chi connectivity index (χ4n) is 7.87. The summed E-state index contributed by atoms with van der Waals surface area (Å²) in [6, 6.07) is 41.0. The van der Waals surface area contributed by atoms with E-state index in [0.29, 0.717) is 0 Å². The zero-order valence-electron chi connectivity index (χ0n) is 24.0. The number of fused-ring (bicyclic) bond motifs is 7. The monoisotopic (exact) mass is 537 g/mol. The lowest BCUT2D eigenvalue weighted by Crippen LogP contribution is -2.26. The first kappa shape index (κ1) is 23.8. The Morgan fingerprint density at radius 1 is 0.571 bits per heavy atom. The van der Waals surface area contributed by atoms with Crippen molar-refractivity contribution in [3.63, 3.8) is 0 Å². The molecule has 200 valence electrons. The van der Waals surface area contributed by atoms with Crippen LogP contribution >= 0.6 is 0 Å². The third-order valence-electron chi connectivity index (χ3n) is 9.78. The van der Waals surface area contributed by atoms with Gasteiger partial charge in [-0.1, -0.05) is 123 Å². The predicted molar refractivity (Wildman–Crippen MR) is 180 cm³/mol. The molecule has 1 aliphatic heterocycles. The Morgan fingerprint density at radius 2 is 1.21 bits per heavy atom. The van der Waals surface area contributed by atoms with E-state index in [9.17, 15) is 0 Å². The van der Waals surface area contributed by atoms with Crippen LogP contribution in [0, 0.1) is 0 Å². The van der Waals surface area contributed by atoms with E-state index in [1.165, 1.54) is 82.4 Å². The molecule has 1 nitrogen and oxygen atoms in total. The van der Waals surface area contributed by atoms with Gasteiger partial charge in [-0.25, -0.2) is 0 Å². The minimum Gasteiger partial charge on any atom is -0.309 e. The molecule has 0 spiro atoms. The van der Waals surface area contributed by atoms with Crippen LogP contribution in [0.5, 0.6) is 0 Å². The highest BCUT2D eigenvalue weighted by Crippen LogP contribution is 2.49. The van der Waals surface area contributed by atoms with E-state index in [1.807, 2.05) is 0 Å². The van der Waals surface area contributed by atoms with Gasteiger partial charge in [-0.2, -0.15) is 0 Å². The summed E-state index contributed by atoms with van der Waals surface area (Å²) in [5.41, 5.74) is 11.9. The van der Waals surface area contributed by atoms with Gasteiger partial charge in [0, 0.05) is 16.2 Å². The van der Waals surface area contributed by atoms with Crippen LogP contribution in [0.25, 0.3) is 65.7 Å². The van der Waals surface area contributed by atoms with Gasteiger partial charge >= 0.3 is 0 Å². The van der Waals surface area contributed by atoms with Crippen molar-refractivity contribution in [2.75, 3.05) is 0 Å². The van der Waals surface area contributed by atoms with Crippen molar-refractivity contribution in [2.24, 2.45) is 0 Å². The second-order valence-corrected chi connectivity index (χ2v) is 12.4. The van der Waals surface area contributed by atoms with Crippen LogP contribution < -0.4 is 0 Å². The molecule has 6 aromatic carbocycles. The lowest BCUT2D eigenvalue weighted by atomic mass is 9.75. The van der Waals surface area contributed by atoms with Gasteiger partial charge < -0.3 is 4.57 Å². The Labute approximate surface area is 246 Å². The maximum Gasteiger partial charge on any atom is 0.0582 e. The fourth-order valence-corrected chi connectivity index (χ4v) is 7.87. The van der Waals surface area contributed by atoms with Gasteiger partial charge in [-0.15, -0.1) is 0 Å². The van der Waals surface area contributed by atoms with Crippen molar-refractivity contribution < 1.29 is 0 Å². The Balaban J connectivity index is 1.39. The number of para-hydroxylation sites is 2. The molecule has 1 heteroatoms. The summed E-state index contributed by atoms with van der Waals surface area (Å²) < 4.78 is 2.51. The van der Waals surface area contributed by atoms with Gasteiger partial charge in [0.25, 0.3) is 0 Å². The lowest BCUT2D eigenvalue weighted by molar-refractivity contribution is 0.630. The highest BCUT2D eigenvalue weighted by atomic mass is 15.0. The molecule has 0 fully saturated rings. The molecule has 0 radical (unpaired) electrons. The Kier molecular flexibility index (Phi) is 4.85. The second-order valence-electron chi connectivity index (χ2n) is 12.4. The second kappa shape index (κ2) is 8.57. The quantitative estimate of drug-likeness (QED) is 0.193. The smallest absolute Gasteiger partial charge is 0.0582 e. The molecule has 9 rings (SSSR count). The molecule has 0 saturated heterocycles. The lowest BCUT2D eigenvalue weighted by Gasteiger charge is -2.34. The molecule has 0 amide bonds. The maximum absolute atomic E-state index is 2.51. The molecule has 2 heterocycles. The molecule has 0 N–H and O–H groups in total. The number of hydrogen-bond acceptors (Lipinski definition) is 0. The third-order valence-corrected chi connectivity index (χ3v) is 9.78. The number of benzene rings is 6. The van der Waals surface area contributed by atoms with Gasteiger partial charge in [0.15, 0.2) is 0 Å². The van der Waals surface area contributed by atoms with Crippen LogP contribution in [-0.2, 0) is 5.41 Å². The summed E-state index contributed by atoms with van der Waals surface area (Å²) in [6.07, 6.45) is 9.26. The van der Waals surface area contributed by atoms with E-state index >= 15 is 0 Å². The highest BCUT2D eigenvalue weighted by Gasteiger charge is 2.34. The van der Waals surface area contributed by atoms with Crippen molar-refractivity contribution in [2.45, 2.75) is 32.1 Å². The standard InChI is InChI=1S/C41H31N/c1-41(2)34-20-10-11-22-37(34)42-36-24-23-27(25-33(36)32-19-12-21-35(41)40(32)42)39-30-17-8-6-15-28(30)38(26-13-4-3-5-14-26)29-16-7-9-18-31(29)39/h4,6-25H,3,5H2,1-2H3. The first-order valence-electron chi connectivity index (χ1n) is 15.1. The average Bonchev–Trinajstić information content (AvgIpc) is 3.37.